The highest BCUT2D eigenvalue weighted by Gasteiger charge is 2.40. The summed E-state index contributed by atoms with van der Waals surface area (Å²) in [5.41, 5.74) is 3.53. The van der Waals surface area contributed by atoms with E-state index in [1.54, 1.807) is 18.2 Å². The summed E-state index contributed by atoms with van der Waals surface area (Å²) in [6, 6.07) is 4.91. The molecular formula is C22H24N2O4. The topological polar surface area (TPSA) is 74.0 Å². The fraction of sp³-hybridized carbons (Fsp3) is 0.364. The molecule has 3 aromatic rings. The predicted molar refractivity (Wildman–Crippen MR) is 108 cm³/mol. The molecule has 0 fully saturated rings. The molecule has 1 aliphatic heterocycles. The number of nitrogens with zero attached hydrogens (tertiary/aromatic N) is 2. The number of aryl methyl sites for hydroxylation is 2. The number of rotatable bonds is 5. The molecule has 0 saturated carbocycles. The molecule has 6 nitrogen and oxygen atoms in total. The quantitative estimate of drug-likeness (QED) is 0.681. The molecule has 0 unspecified atom stereocenters. The van der Waals surface area contributed by atoms with Gasteiger partial charge in [0, 0.05) is 29.4 Å². The maximum absolute atomic E-state index is 13.1. The molecule has 2 amide bonds. The normalized spacial score (nSPS) is 14.1. The minimum Gasteiger partial charge on any atom is -0.508 e. The van der Waals surface area contributed by atoms with Crippen LogP contribution in [0, 0.1) is 13.8 Å². The molecule has 0 radical (unpaired) electrons. The van der Waals surface area contributed by atoms with Crippen molar-refractivity contribution in [2.75, 3.05) is 26.2 Å². The molecule has 2 heterocycles. The molecule has 0 aliphatic carbocycles. The number of aromatic hydroxyl groups is 1. The standard InChI is InChI=1S/C22H24N2O4/c1-5-23(6-2)9-10-24-21(26)18-12(3)17-15-11-14(25)7-8-16(15)28-20(17)13(4)19(18)22(24)27/h7-8,11,25H,5-6,9-10H2,1-4H3. The fourth-order valence-electron chi connectivity index (χ4n) is 4.22. The Bertz CT molecular complexity index is 1120. The van der Waals surface area contributed by atoms with Crippen LogP contribution in [-0.4, -0.2) is 52.9 Å². The Hall–Kier alpha value is -2.86. The lowest BCUT2D eigenvalue weighted by molar-refractivity contribution is 0.0637. The van der Waals surface area contributed by atoms with E-state index in [1.807, 2.05) is 13.8 Å². The second-order valence-electron chi connectivity index (χ2n) is 7.28. The molecule has 0 saturated heterocycles. The van der Waals surface area contributed by atoms with Crippen LogP contribution < -0.4 is 0 Å². The van der Waals surface area contributed by atoms with Crippen LogP contribution in [0.25, 0.3) is 21.9 Å². The number of fused-ring (bicyclic) bond motifs is 4. The SMILES string of the molecule is CCN(CC)CCN1C(=O)c2c(c(C)c3c(oc4ccc(O)cc43)c2C)C1=O. The number of phenolic OH excluding ortho intramolecular Hbond substituents is 1. The number of hydrogen-bond acceptors (Lipinski definition) is 5. The van der Waals surface area contributed by atoms with Crippen LogP contribution in [0.4, 0.5) is 0 Å². The van der Waals surface area contributed by atoms with E-state index in [4.69, 9.17) is 4.42 Å². The van der Waals surface area contributed by atoms with Crippen molar-refractivity contribution < 1.29 is 19.1 Å². The largest absolute Gasteiger partial charge is 0.508 e. The van der Waals surface area contributed by atoms with Crippen LogP contribution in [0.15, 0.2) is 22.6 Å². The Labute approximate surface area is 163 Å². The van der Waals surface area contributed by atoms with Gasteiger partial charge in [0.25, 0.3) is 11.8 Å². The van der Waals surface area contributed by atoms with Gasteiger partial charge in [0.05, 0.1) is 11.1 Å². The maximum atomic E-state index is 13.1. The number of carbonyl (C=O) groups excluding carboxylic acids is 2. The van der Waals surface area contributed by atoms with Gasteiger partial charge in [0.15, 0.2) is 0 Å². The molecular weight excluding hydrogens is 356 g/mol. The second-order valence-corrected chi connectivity index (χ2v) is 7.28. The van der Waals surface area contributed by atoms with E-state index in [0.717, 1.165) is 29.4 Å². The highest BCUT2D eigenvalue weighted by atomic mass is 16.3. The van der Waals surface area contributed by atoms with Crippen molar-refractivity contribution in [3.63, 3.8) is 0 Å². The Morgan fingerprint density at radius 1 is 1.04 bits per heavy atom. The summed E-state index contributed by atoms with van der Waals surface area (Å²) in [7, 11) is 0. The van der Waals surface area contributed by atoms with E-state index < -0.39 is 0 Å². The first-order valence-electron chi connectivity index (χ1n) is 9.65. The third-order valence-corrected chi connectivity index (χ3v) is 5.84. The lowest BCUT2D eigenvalue weighted by atomic mass is 9.94. The van der Waals surface area contributed by atoms with Crippen molar-refractivity contribution >= 4 is 33.8 Å². The number of benzene rings is 2. The monoisotopic (exact) mass is 380 g/mol. The first-order chi connectivity index (χ1) is 13.4. The Morgan fingerprint density at radius 3 is 2.32 bits per heavy atom. The van der Waals surface area contributed by atoms with Crippen molar-refractivity contribution in [3.8, 4) is 5.75 Å². The lowest BCUT2D eigenvalue weighted by Gasteiger charge is -2.21. The first kappa shape index (κ1) is 18.5. The van der Waals surface area contributed by atoms with Crippen molar-refractivity contribution in [2.45, 2.75) is 27.7 Å². The van der Waals surface area contributed by atoms with E-state index in [2.05, 4.69) is 18.7 Å². The first-order valence-corrected chi connectivity index (χ1v) is 9.65. The molecule has 0 atom stereocenters. The zero-order valence-corrected chi connectivity index (χ0v) is 16.6. The molecule has 1 N–H and O–H groups in total. The summed E-state index contributed by atoms with van der Waals surface area (Å²) in [6.45, 7) is 10.6. The summed E-state index contributed by atoms with van der Waals surface area (Å²) in [4.78, 5) is 29.8. The highest BCUT2D eigenvalue weighted by Crippen LogP contribution is 2.41. The molecule has 1 aliphatic rings. The zero-order valence-electron chi connectivity index (χ0n) is 16.6. The summed E-state index contributed by atoms with van der Waals surface area (Å²) in [6.07, 6.45) is 0. The molecule has 2 aromatic carbocycles. The third kappa shape index (κ3) is 2.52. The summed E-state index contributed by atoms with van der Waals surface area (Å²) >= 11 is 0. The third-order valence-electron chi connectivity index (χ3n) is 5.84. The number of amides is 2. The van der Waals surface area contributed by atoms with Crippen molar-refractivity contribution in [1.29, 1.82) is 0 Å². The van der Waals surface area contributed by atoms with Crippen molar-refractivity contribution in [1.82, 2.24) is 9.80 Å². The molecule has 146 valence electrons. The maximum Gasteiger partial charge on any atom is 0.262 e. The van der Waals surface area contributed by atoms with E-state index in [-0.39, 0.29) is 17.6 Å². The highest BCUT2D eigenvalue weighted by molar-refractivity contribution is 6.26. The number of phenols is 1. The number of hydrogen-bond donors (Lipinski definition) is 1. The van der Waals surface area contributed by atoms with Gasteiger partial charge < -0.3 is 14.4 Å². The van der Waals surface area contributed by atoms with Gasteiger partial charge in [-0.15, -0.1) is 0 Å². The van der Waals surface area contributed by atoms with Gasteiger partial charge in [0.2, 0.25) is 0 Å². The van der Waals surface area contributed by atoms with E-state index >= 15 is 0 Å². The smallest absolute Gasteiger partial charge is 0.262 e. The number of likely N-dealkylation sites (N-methyl/N-ethyl adjacent to an activating group) is 1. The van der Waals surface area contributed by atoms with Crippen LogP contribution in [0.2, 0.25) is 0 Å². The van der Waals surface area contributed by atoms with E-state index in [0.29, 0.717) is 40.9 Å². The van der Waals surface area contributed by atoms with Crippen LogP contribution in [0.1, 0.15) is 45.7 Å². The summed E-state index contributed by atoms with van der Waals surface area (Å²) in [5.74, 6) is -0.363. The van der Waals surface area contributed by atoms with Crippen LogP contribution >= 0.6 is 0 Å². The predicted octanol–water partition coefficient (Wildman–Crippen LogP) is 3.85. The summed E-state index contributed by atoms with van der Waals surface area (Å²) < 4.78 is 5.99. The van der Waals surface area contributed by atoms with Crippen LogP contribution in [0.5, 0.6) is 5.75 Å². The van der Waals surface area contributed by atoms with Gasteiger partial charge in [-0.25, -0.2) is 0 Å². The molecule has 6 heteroatoms. The van der Waals surface area contributed by atoms with Gasteiger partial charge in [-0.3, -0.25) is 14.5 Å². The van der Waals surface area contributed by atoms with Gasteiger partial charge in [-0.1, -0.05) is 13.8 Å². The van der Waals surface area contributed by atoms with Crippen LogP contribution in [0.3, 0.4) is 0 Å². The molecule has 0 bridgehead atoms. The van der Waals surface area contributed by atoms with E-state index in [1.165, 1.54) is 4.90 Å². The molecule has 0 spiro atoms. The van der Waals surface area contributed by atoms with Crippen molar-refractivity contribution in [2.24, 2.45) is 0 Å². The minimum absolute atomic E-state index is 0.135. The second kappa shape index (κ2) is 6.63. The van der Waals surface area contributed by atoms with Gasteiger partial charge >= 0.3 is 0 Å². The van der Waals surface area contributed by atoms with Gasteiger partial charge in [0.1, 0.15) is 16.9 Å². The number of furan rings is 1. The zero-order chi connectivity index (χ0) is 20.2. The summed E-state index contributed by atoms with van der Waals surface area (Å²) in [5, 5.41) is 11.4. The van der Waals surface area contributed by atoms with Crippen LogP contribution in [-0.2, 0) is 0 Å². The number of carbonyl (C=O) groups is 2. The Balaban J connectivity index is 1.87. The molecule has 4 rings (SSSR count). The van der Waals surface area contributed by atoms with Gasteiger partial charge in [-0.05, 0) is 50.7 Å². The molecule has 1 aromatic heterocycles. The Kier molecular flexibility index (Phi) is 4.38. The average molecular weight is 380 g/mol. The number of imide groups is 1. The minimum atomic E-state index is -0.252. The average Bonchev–Trinajstić information content (AvgIpc) is 3.17. The fourth-order valence-corrected chi connectivity index (χ4v) is 4.22. The van der Waals surface area contributed by atoms with Crippen molar-refractivity contribution in [3.05, 3.63) is 40.5 Å². The van der Waals surface area contributed by atoms with Gasteiger partial charge in [-0.2, -0.15) is 0 Å². The lowest BCUT2D eigenvalue weighted by Crippen LogP contribution is -2.38. The van der Waals surface area contributed by atoms with E-state index in [9.17, 15) is 14.7 Å². The Morgan fingerprint density at radius 2 is 1.68 bits per heavy atom. The molecule has 28 heavy (non-hydrogen) atoms.